The van der Waals surface area contributed by atoms with Crippen molar-refractivity contribution in [3.63, 3.8) is 0 Å². The minimum absolute atomic E-state index is 0.182. The molecule has 0 fully saturated rings. The summed E-state index contributed by atoms with van der Waals surface area (Å²) >= 11 is 0. The monoisotopic (exact) mass is 495 g/mol. The van der Waals surface area contributed by atoms with Crippen LogP contribution in [0.2, 0.25) is 0 Å². The van der Waals surface area contributed by atoms with E-state index in [1.54, 1.807) is 23.1 Å². The minimum Gasteiger partial charge on any atom is -0.482 e. The number of hydrogen-bond donors (Lipinski definition) is 1. The highest BCUT2D eigenvalue weighted by molar-refractivity contribution is 5.98. The molecule has 2 aromatic carbocycles. The van der Waals surface area contributed by atoms with E-state index in [1.165, 1.54) is 7.11 Å². The molecule has 1 aliphatic heterocycles. The van der Waals surface area contributed by atoms with Gasteiger partial charge in [0.05, 0.1) is 7.11 Å². The Hall–Kier alpha value is -3.39. The molecule has 2 aromatic rings. The Morgan fingerprint density at radius 3 is 2.39 bits per heavy atom. The molecular weight excluding hydrogens is 458 g/mol. The lowest BCUT2D eigenvalue weighted by Crippen LogP contribution is -2.49. The van der Waals surface area contributed by atoms with Gasteiger partial charge in [0.2, 0.25) is 5.91 Å². The predicted octanol–water partition coefficient (Wildman–Crippen LogP) is 3.21. The van der Waals surface area contributed by atoms with E-state index in [0.717, 1.165) is 11.1 Å². The summed E-state index contributed by atoms with van der Waals surface area (Å²) in [6.45, 7) is 9.95. The van der Waals surface area contributed by atoms with E-state index < -0.39 is 12.0 Å². The van der Waals surface area contributed by atoms with Gasteiger partial charge >= 0.3 is 5.97 Å². The van der Waals surface area contributed by atoms with Crippen LogP contribution in [0.4, 0.5) is 0 Å². The van der Waals surface area contributed by atoms with E-state index in [4.69, 9.17) is 4.74 Å². The first-order chi connectivity index (χ1) is 17.2. The number of esters is 1. The number of nitrogens with zero attached hydrogens (tertiary/aromatic N) is 2. The number of rotatable bonds is 10. The molecule has 0 aromatic heterocycles. The number of methoxy groups -OCH3 is 1. The van der Waals surface area contributed by atoms with Gasteiger partial charge in [-0.25, -0.2) is 4.79 Å². The number of amides is 2. The fourth-order valence-electron chi connectivity index (χ4n) is 4.66. The molecule has 36 heavy (non-hydrogen) atoms. The van der Waals surface area contributed by atoms with Gasteiger partial charge in [0.15, 0.2) is 6.61 Å². The number of carbonyl (C=O) groups is 3. The van der Waals surface area contributed by atoms with Crippen molar-refractivity contribution < 1.29 is 23.9 Å². The van der Waals surface area contributed by atoms with Gasteiger partial charge in [-0.1, -0.05) is 24.3 Å². The highest BCUT2D eigenvalue weighted by atomic mass is 16.6. The lowest BCUT2D eigenvalue weighted by molar-refractivity contribution is -0.142. The summed E-state index contributed by atoms with van der Waals surface area (Å²) in [6.07, 6.45) is 0.571. The zero-order chi connectivity index (χ0) is 26.2. The van der Waals surface area contributed by atoms with Gasteiger partial charge < -0.3 is 19.7 Å². The van der Waals surface area contributed by atoms with Crippen LogP contribution in [0.25, 0.3) is 0 Å². The molecule has 194 valence electrons. The molecule has 1 atom stereocenters. The van der Waals surface area contributed by atoms with E-state index in [-0.39, 0.29) is 18.4 Å². The zero-order valence-electron chi connectivity index (χ0n) is 21.8. The topological polar surface area (TPSA) is 88.2 Å². The van der Waals surface area contributed by atoms with Gasteiger partial charge in [0.1, 0.15) is 11.8 Å². The summed E-state index contributed by atoms with van der Waals surface area (Å²) in [6, 6.07) is 14.3. The first-order valence-electron chi connectivity index (χ1n) is 12.4. The lowest BCUT2D eigenvalue weighted by atomic mass is 9.91. The Balaban J connectivity index is 1.84. The van der Waals surface area contributed by atoms with Crippen LogP contribution in [-0.4, -0.2) is 73.0 Å². The van der Waals surface area contributed by atoms with E-state index in [2.05, 4.69) is 42.6 Å². The summed E-state index contributed by atoms with van der Waals surface area (Å²) in [5.41, 5.74) is 2.22. The van der Waals surface area contributed by atoms with Gasteiger partial charge in [-0.3, -0.25) is 14.5 Å². The standard InChI is InChI=1S/C28H37N3O5/c1-19(2)30(20(3)4)16-14-29-27(33)26-24-12-11-23(36-18-25(32)35-5)17-22(24)13-15-31(26)28(34)21-9-7-6-8-10-21/h6-12,17,19-20,26H,13-16,18H2,1-5H3,(H,29,33). The van der Waals surface area contributed by atoms with Crippen LogP contribution >= 0.6 is 0 Å². The van der Waals surface area contributed by atoms with Crippen molar-refractivity contribution in [3.05, 3.63) is 65.2 Å². The lowest BCUT2D eigenvalue weighted by Gasteiger charge is -2.37. The van der Waals surface area contributed by atoms with E-state index >= 15 is 0 Å². The Labute approximate surface area is 213 Å². The molecule has 1 N–H and O–H groups in total. The molecular formula is C28H37N3O5. The van der Waals surface area contributed by atoms with Crippen LogP contribution in [-0.2, 0) is 20.7 Å². The van der Waals surface area contributed by atoms with Gasteiger partial charge in [-0.15, -0.1) is 0 Å². The number of nitrogens with one attached hydrogen (secondary N) is 1. The molecule has 2 amide bonds. The Kier molecular flexibility index (Phi) is 9.47. The molecule has 0 saturated carbocycles. The number of carbonyl (C=O) groups excluding carboxylic acids is 3. The molecule has 1 aliphatic rings. The van der Waals surface area contributed by atoms with Gasteiger partial charge in [0, 0.05) is 37.3 Å². The van der Waals surface area contributed by atoms with Crippen molar-refractivity contribution in [1.82, 2.24) is 15.1 Å². The molecule has 8 nitrogen and oxygen atoms in total. The van der Waals surface area contributed by atoms with Crippen molar-refractivity contribution in [3.8, 4) is 5.75 Å². The van der Waals surface area contributed by atoms with Crippen LogP contribution in [0.5, 0.6) is 5.75 Å². The average Bonchev–Trinajstić information content (AvgIpc) is 2.88. The third-order valence-corrected chi connectivity index (χ3v) is 6.45. The third-order valence-electron chi connectivity index (χ3n) is 6.45. The molecule has 1 heterocycles. The van der Waals surface area contributed by atoms with Gasteiger partial charge in [-0.2, -0.15) is 0 Å². The fourth-order valence-corrected chi connectivity index (χ4v) is 4.66. The first-order valence-corrected chi connectivity index (χ1v) is 12.4. The Morgan fingerprint density at radius 2 is 1.75 bits per heavy atom. The van der Waals surface area contributed by atoms with E-state index in [1.807, 2.05) is 30.3 Å². The van der Waals surface area contributed by atoms with Gasteiger partial charge in [-0.05, 0) is 69.5 Å². The van der Waals surface area contributed by atoms with Crippen molar-refractivity contribution in [1.29, 1.82) is 0 Å². The maximum Gasteiger partial charge on any atom is 0.343 e. The fraction of sp³-hybridized carbons (Fsp3) is 0.464. The summed E-state index contributed by atoms with van der Waals surface area (Å²) < 4.78 is 10.2. The second-order valence-corrected chi connectivity index (χ2v) is 9.46. The molecule has 0 saturated heterocycles. The normalized spacial score (nSPS) is 15.1. The predicted molar refractivity (Wildman–Crippen MR) is 138 cm³/mol. The summed E-state index contributed by atoms with van der Waals surface area (Å²) in [5.74, 6) is -0.346. The highest BCUT2D eigenvalue weighted by Gasteiger charge is 2.36. The molecule has 1 unspecified atom stereocenters. The van der Waals surface area contributed by atoms with Crippen molar-refractivity contribution in [2.75, 3.05) is 33.4 Å². The van der Waals surface area contributed by atoms with Crippen molar-refractivity contribution in [2.24, 2.45) is 0 Å². The molecule has 0 radical (unpaired) electrons. The second-order valence-electron chi connectivity index (χ2n) is 9.46. The van der Waals surface area contributed by atoms with Crippen LogP contribution in [0.1, 0.15) is 55.2 Å². The SMILES string of the molecule is COC(=O)COc1ccc2c(c1)CCN(C(=O)c1ccccc1)C2C(=O)NCCN(C(C)C)C(C)C. The summed E-state index contributed by atoms with van der Waals surface area (Å²) in [4.78, 5) is 42.4. The maximum absolute atomic E-state index is 13.6. The van der Waals surface area contributed by atoms with E-state index in [0.29, 0.717) is 49.5 Å². The minimum atomic E-state index is -0.761. The van der Waals surface area contributed by atoms with Gasteiger partial charge in [0.25, 0.3) is 5.91 Å². The molecule has 8 heteroatoms. The maximum atomic E-state index is 13.6. The van der Waals surface area contributed by atoms with Crippen LogP contribution in [0.3, 0.4) is 0 Å². The number of ether oxygens (including phenoxy) is 2. The van der Waals surface area contributed by atoms with Crippen molar-refractivity contribution in [2.45, 2.75) is 52.2 Å². The Bertz CT molecular complexity index is 1050. The molecule has 0 bridgehead atoms. The quantitative estimate of drug-likeness (QED) is 0.510. The van der Waals surface area contributed by atoms with Crippen LogP contribution in [0.15, 0.2) is 48.5 Å². The first kappa shape index (κ1) is 27.2. The second kappa shape index (κ2) is 12.5. The molecule has 3 rings (SSSR count). The van der Waals surface area contributed by atoms with Crippen molar-refractivity contribution >= 4 is 17.8 Å². The number of fused-ring (bicyclic) bond motifs is 1. The van der Waals surface area contributed by atoms with E-state index in [9.17, 15) is 14.4 Å². The molecule has 0 aliphatic carbocycles. The Morgan fingerprint density at radius 1 is 1.06 bits per heavy atom. The smallest absolute Gasteiger partial charge is 0.343 e. The highest BCUT2D eigenvalue weighted by Crippen LogP contribution is 2.33. The zero-order valence-corrected chi connectivity index (χ0v) is 21.8. The molecule has 0 spiro atoms. The largest absolute Gasteiger partial charge is 0.482 e. The number of hydrogen-bond acceptors (Lipinski definition) is 6. The number of benzene rings is 2. The van der Waals surface area contributed by atoms with Crippen LogP contribution < -0.4 is 10.1 Å². The third kappa shape index (κ3) is 6.63. The summed E-state index contributed by atoms with van der Waals surface area (Å²) in [5, 5.41) is 3.07. The average molecular weight is 496 g/mol. The van der Waals surface area contributed by atoms with Crippen LogP contribution in [0, 0.1) is 0 Å². The summed E-state index contributed by atoms with van der Waals surface area (Å²) in [7, 11) is 1.31.